The number of hydrogen-bond donors (Lipinski definition) is 1. The van der Waals surface area contributed by atoms with Crippen LogP contribution in [-0.4, -0.2) is 23.4 Å². The lowest BCUT2D eigenvalue weighted by Crippen LogP contribution is -2.48. The first kappa shape index (κ1) is 15.6. The molecule has 0 aliphatic heterocycles. The summed E-state index contributed by atoms with van der Waals surface area (Å²) in [6.07, 6.45) is -4.72. The summed E-state index contributed by atoms with van der Waals surface area (Å²) in [6, 6.07) is 5.16. The van der Waals surface area contributed by atoms with Crippen LogP contribution in [0.3, 0.4) is 0 Å². The van der Waals surface area contributed by atoms with E-state index in [0.29, 0.717) is 0 Å². The summed E-state index contributed by atoms with van der Waals surface area (Å²) in [5.74, 6) is -1.53. The van der Waals surface area contributed by atoms with E-state index in [2.05, 4.69) is 0 Å². The zero-order valence-electron chi connectivity index (χ0n) is 8.81. The molecule has 0 radical (unpaired) electrons. The van der Waals surface area contributed by atoms with E-state index in [4.69, 9.17) is 5.11 Å². The molecule has 17 heavy (non-hydrogen) atoms. The van der Waals surface area contributed by atoms with E-state index < -0.39 is 18.3 Å². The lowest BCUT2D eigenvalue weighted by Gasteiger charge is -2.30. The Balaban J connectivity index is 0.00000256. The van der Waals surface area contributed by atoms with Crippen LogP contribution in [0, 0.1) is 0 Å². The molecule has 1 rings (SSSR count). The number of rotatable bonds is 3. The van der Waals surface area contributed by atoms with Gasteiger partial charge in [-0.25, -0.2) is 4.79 Å². The van der Waals surface area contributed by atoms with Crippen LogP contribution in [0.5, 0.6) is 0 Å². The predicted octanol–water partition coefficient (Wildman–Crippen LogP) is 2.91. The van der Waals surface area contributed by atoms with Gasteiger partial charge in [-0.15, -0.1) is 12.4 Å². The van der Waals surface area contributed by atoms with Crippen molar-refractivity contribution in [3.63, 3.8) is 0 Å². The SMILES string of the molecule is CC(C(=O)O)N(c1ccccc1)C(F)(F)F.Cl. The Labute approximate surface area is 102 Å². The zero-order valence-corrected chi connectivity index (χ0v) is 9.63. The van der Waals surface area contributed by atoms with Crippen molar-refractivity contribution < 1.29 is 23.1 Å². The van der Waals surface area contributed by atoms with Crippen LogP contribution in [0.15, 0.2) is 30.3 Å². The summed E-state index contributed by atoms with van der Waals surface area (Å²) in [7, 11) is 0. The van der Waals surface area contributed by atoms with Crippen molar-refractivity contribution in [2.45, 2.75) is 19.3 Å². The summed E-state index contributed by atoms with van der Waals surface area (Å²) in [6.45, 7) is 0.989. The van der Waals surface area contributed by atoms with Crippen molar-refractivity contribution in [1.82, 2.24) is 0 Å². The topological polar surface area (TPSA) is 40.5 Å². The van der Waals surface area contributed by atoms with Crippen LogP contribution in [-0.2, 0) is 4.79 Å². The molecule has 0 saturated carbocycles. The fraction of sp³-hybridized carbons (Fsp3) is 0.300. The lowest BCUT2D eigenvalue weighted by atomic mass is 10.2. The number of carbonyl (C=O) groups is 1. The summed E-state index contributed by atoms with van der Waals surface area (Å²) in [4.78, 5) is 10.5. The molecule has 0 spiro atoms. The number of anilines is 1. The Kier molecular flexibility index (Phi) is 5.28. The van der Waals surface area contributed by atoms with E-state index in [9.17, 15) is 18.0 Å². The number of aliphatic carboxylic acids is 1. The molecule has 0 saturated heterocycles. The maximum Gasteiger partial charge on any atom is 0.485 e. The molecule has 1 aromatic rings. The van der Waals surface area contributed by atoms with Gasteiger partial charge in [-0.2, -0.15) is 13.2 Å². The van der Waals surface area contributed by atoms with E-state index in [-0.39, 0.29) is 23.0 Å². The third-order valence-electron chi connectivity index (χ3n) is 2.05. The number of benzene rings is 1. The molecule has 0 aliphatic rings. The second-order valence-corrected chi connectivity index (χ2v) is 3.19. The summed E-state index contributed by atoms with van der Waals surface area (Å²) >= 11 is 0. The van der Waals surface area contributed by atoms with Gasteiger partial charge >= 0.3 is 12.3 Å². The van der Waals surface area contributed by atoms with Crippen LogP contribution >= 0.6 is 12.4 Å². The van der Waals surface area contributed by atoms with Gasteiger partial charge in [0.1, 0.15) is 6.04 Å². The van der Waals surface area contributed by atoms with Gasteiger partial charge in [-0.1, -0.05) is 18.2 Å². The Hall–Kier alpha value is -1.43. The highest BCUT2D eigenvalue weighted by Gasteiger charge is 2.43. The molecule has 3 nitrogen and oxygen atoms in total. The summed E-state index contributed by atoms with van der Waals surface area (Å²) < 4.78 is 38.0. The van der Waals surface area contributed by atoms with Crippen LogP contribution in [0.1, 0.15) is 6.92 Å². The van der Waals surface area contributed by atoms with Gasteiger partial charge in [-0.3, -0.25) is 4.90 Å². The van der Waals surface area contributed by atoms with Gasteiger partial charge in [0.25, 0.3) is 0 Å². The first-order valence-electron chi connectivity index (χ1n) is 4.48. The van der Waals surface area contributed by atoms with Gasteiger partial charge in [0.2, 0.25) is 0 Å². The average molecular weight is 270 g/mol. The number of carboxylic acid groups (broad SMARTS) is 1. The number of alkyl halides is 3. The van der Waals surface area contributed by atoms with Crippen molar-refractivity contribution in [3.05, 3.63) is 30.3 Å². The van der Waals surface area contributed by atoms with Gasteiger partial charge < -0.3 is 5.11 Å². The molecule has 0 amide bonds. The molecule has 1 atom stereocenters. The minimum Gasteiger partial charge on any atom is -0.480 e. The highest BCUT2D eigenvalue weighted by molar-refractivity contribution is 5.85. The van der Waals surface area contributed by atoms with Crippen LogP contribution in [0.4, 0.5) is 18.9 Å². The Bertz CT molecular complexity index is 370. The largest absolute Gasteiger partial charge is 0.485 e. The number of hydrogen-bond acceptors (Lipinski definition) is 2. The molecule has 0 bridgehead atoms. The lowest BCUT2D eigenvalue weighted by molar-refractivity contribution is -0.153. The quantitative estimate of drug-likeness (QED) is 0.858. The zero-order chi connectivity index (χ0) is 12.3. The molecule has 0 heterocycles. The van der Waals surface area contributed by atoms with Crippen LogP contribution in [0.25, 0.3) is 0 Å². The van der Waals surface area contributed by atoms with Gasteiger partial charge in [-0.05, 0) is 19.1 Å². The Morgan fingerprint density at radius 3 is 2.12 bits per heavy atom. The van der Waals surface area contributed by atoms with E-state index in [1.54, 1.807) is 6.07 Å². The third-order valence-corrected chi connectivity index (χ3v) is 2.05. The van der Waals surface area contributed by atoms with E-state index >= 15 is 0 Å². The highest BCUT2D eigenvalue weighted by Crippen LogP contribution is 2.30. The van der Waals surface area contributed by atoms with Crippen LogP contribution < -0.4 is 4.90 Å². The first-order valence-corrected chi connectivity index (χ1v) is 4.48. The van der Waals surface area contributed by atoms with Gasteiger partial charge in [0.05, 0.1) is 0 Å². The molecule has 0 aromatic heterocycles. The standard InChI is InChI=1S/C10H10F3NO2.ClH/c1-7(9(15)16)14(10(11,12)13)8-5-3-2-4-6-8;/h2-7H,1H3,(H,15,16);1H. The van der Waals surface area contributed by atoms with Crippen molar-refractivity contribution in [1.29, 1.82) is 0 Å². The smallest absolute Gasteiger partial charge is 0.480 e. The molecule has 1 N–H and O–H groups in total. The fourth-order valence-electron chi connectivity index (χ4n) is 1.29. The second-order valence-electron chi connectivity index (χ2n) is 3.19. The number of nitrogens with zero attached hydrogens (tertiary/aromatic N) is 1. The molecule has 96 valence electrons. The molecule has 1 unspecified atom stereocenters. The van der Waals surface area contributed by atoms with Gasteiger partial charge in [0, 0.05) is 5.69 Å². The number of halogens is 4. The third kappa shape index (κ3) is 3.81. The molecule has 7 heteroatoms. The Morgan fingerprint density at radius 2 is 1.76 bits per heavy atom. The highest BCUT2D eigenvalue weighted by atomic mass is 35.5. The average Bonchev–Trinajstić information content (AvgIpc) is 2.17. The van der Waals surface area contributed by atoms with Crippen molar-refractivity contribution in [2.75, 3.05) is 4.90 Å². The van der Waals surface area contributed by atoms with Crippen molar-refractivity contribution in [2.24, 2.45) is 0 Å². The maximum atomic E-state index is 12.7. The molecule has 0 fully saturated rings. The fourth-order valence-corrected chi connectivity index (χ4v) is 1.29. The summed E-state index contributed by atoms with van der Waals surface area (Å²) in [5, 5.41) is 8.64. The monoisotopic (exact) mass is 269 g/mol. The van der Waals surface area contributed by atoms with E-state index in [1.807, 2.05) is 0 Å². The second kappa shape index (κ2) is 5.77. The van der Waals surface area contributed by atoms with E-state index in [1.165, 1.54) is 24.3 Å². The van der Waals surface area contributed by atoms with Crippen molar-refractivity contribution in [3.8, 4) is 0 Å². The maximum absolute atomic E-state index is 12.7. The van der Waals surface area contributed by atoms with Gasteiger partial charge in [0.15, 0.2) is 0 Å². The minimum absolute atomic E-state index is 0. The van der Waals surface area contributed by atoms with E-state index in [0.717, 1.165) is 6.92 Å². The normalized spacial score (nSPS) is 12.5. The van der Waals surface area contributed by atoms with Crippen LogP contribution in [0.2, 0.25) is 0 Å². The first-order chi connectivity index (χ1) is 7.34. The van der Waals surface area contributed by atoms with Crippen molar-refractivity contribution >= 4 is 24.1 Å². The summed E-state index contributed by atoms with van der Waals surface area (Å²) in [5.41, 5.74) is -0.190. The predicted molar refractivity (Wildman–Crippen MR) is 59.3 cm³/mol. The molecule has 0 aliphatic carbocycles. The molecular formula is C10H11ClF3NO2. The Morgan fingerprint density at radius 1 is 1.29 bits per heavy atom. The molecule has 1 aromatic carbocycles. The number of para-hydroxylation sites is 1. The number of carboxylic acids is 1. The minimum atomic E-state index is -4.72. The molecular weight excluding hydrogens is 259 g/mol.